The van der Waals surface area contributed by atoms with Crippen molar-refractivity contribution < 1.29 is 18.3 Å². The number of carbonyl (C=O) groups excluding carboxylic acids is 1. The quantitative estimate of drug-likeness (QED) is 0.804. The second-order valence-corrected chi connectivity index (χ2v) is 3.38. The molecule has 1 aromatic rings. The fraction of sp³-hybridized carbons (Fsp3) is 0.364. The standard InChI is InChI=1S/C11H14F2N2O2/c1-2-7(10(14)16)15-8-5-3-4-6-9(8)17-11(12)13/h3-7,11,15H,2H2,1H3,(H2,14,16). The van der Waals surface area contributed by atoms with Crippen LogP contribution in [0.2, 0.25) is 0 Å². The first-order valence-corrected chi connectivity index (χ1v) is 5.14. The number of alkyl halides is 2. The Morgan fingerprint density at radius 1 is 1.47 bits per heavy atom. The van der Waals surface area contributed by atoms with Crippen LogP contribution in [-0.4, -0.2) is 18.6 Å². The van der Waals surface area contributed by atoms with E-state index < -0.39 is 18.6 Å². The number of amides is 1. The van der Waals surface area contributed by atoms with Gasteiger partial charge in [0, 0.05) is 0 Å². The van der Waals surface area contributed by atoms with Crippen molar-refractivity contribution in [2.75, 3.05) is 5.32 Å². The molecule has 0 saturated heterocycles. The Labute approximate surface area is 97.8 Å². The molecule has 0 heterocycles. The number of nitrogens with two attached hydrogens (primary N) is 1. The van der Waals surface area contributed by atoms with Crippen molar-refractivity contribution in [1.29, 1.82) is 0 Å². The van der Waals surface area contributed by atoms with Crippen molar-refractivity contribution in [2.45, 2.75) is 26.0 Å². The number of halogens is 2. The molecule has 1 aromatic carbocycles. The van der Waals surface area contributed by atoms with Crippen LogP contribution in [0.5, 0.6) is 5.75 Å². The van der Waals surface area contributed by atoms with E-state index in [1.807, 2.05) is 0 Å². The predicted octanol–water partition coefficient (Wildman–Crippen LogP) is 1.96. The molecule has 1 amide bonds. The van der Waals surface area contributed by atoms with E-state index in [2.05, 4.69) is 10.1 Å². The summed E-state index contributed by atoms with van der Waals surface area (Å²) in [5.74, 6) is -0.554. The molecular weight excluding hydrogens is 230 g/mol. The molecular formula is C11H14F2N2O2. The van der Waals surface area contributed by atoms with Gasteiger partial charge in [0.25, 0.3) is 0 Å². The third-order valence-corrected chi connectivity index (χ3v) is 2.18. The Balaban J connectivity index is 2.85. The van der Waals surface area contributed by atoms with Gasteiger partial charge in [-0.1, -0.05) is 19.1 Å². The summed E-state index contributed by atoms with van der Waals surface area (Å²) in [7, 11) is 0. The van der Waals surface area contributed by atoms with Crippen LogP contribution >= 0.6 is 0 Å². The Morgan fingerprint density at radius 2 is 2.12 bits per heavy atom. The highest BCUT2D eigenvalue weighted by atomic mass is 19.3. The molecule has 94 valence electrons. The first kappa shape index (κ1) is 13.2. The Kier molecular flexibility index (Phi) is 4.68. The van der Waals surface area contributed by atoms with Gasteiger partial charge in [0.1, 0.15) is 11.8 Å². The van der Waals surface area contributed by atoms with Crippen molar-refractivity contribution in [3.8, 4) is 5.75 Å². The summed E-state index contributed by atoms with van der Waals surface area (Å²) in [6.07, 6.45) is 0.457. The molecule has 3 N–H and O–H groups in total. The minimum absolute atomic E-state index is 0.0119. The van der Waals surface area contributed by atoms with Crippen LogP contribution < -0.4 is 15.8 Å². The van der Waals surface area contributed by atoms with Crippen LogP contribution in [0.3, 0.4) is 0 Å². The lowest BCUT2D eigenvalue weighted by Gasteiger charge is -2.17. The average Bonchev–Trinajstić information content (AvgIpc) is 2.26. The lowest BCUT2D eigenvalue weighted by Crippen LogP contribution is -2.34. The maximum atomic E-state index is 12.1. The van der Waals surface area contributed by atoms with Gasteiger partial charge in [0.05, 0.1) is 5.69 Å². The molecule has 0 aliphatic rings. The van der Waals surface area contributed by atoms with E-state index in [1.165, 1.54) is 6.07 Å². The first-order chi connectivity index (χ1) is 8.04. The summed E-state index contributed by atoms with van der Waals surface area (Å²) in [4.78, 5) is 11.0. The summed E-state index contributed by atoms with van der Waals surface area (Å²) < 4.78 is 28.6. The number of hydrogen-bond acceptors (Lipinski definition) is 3. The summed E-state index contributed by atoms with van der Waals surface area (Å²) in [6, 6.07) is 5.53. The predicted molar refractivity (Wildman–Crippen MR) is 60.0 cm³/mol. The van der Waals surface area contributed by atoms with Gasteiger partial charge in [-0.05, 0) is 18.6 Å². The van der Waals surface area contributed by atoms with Crippen molar-refractivity contribution in [2.24, 2.45) is 5.73 Å². The molecule has 0 fully saturated rings. The first-order valence-electron chi connectivity index (χ1n) is 5.14. The second-order valence-electron chi connectivity index (χ2n) is 3.38. The van der Waals surface area contributed by atoms with Crippen molar-refractivity contribution >= 4 is 11.6 Å². The number of para-hydroxylation sites is 2. The van der Waals surface area contributed by atoms with Gasteiger partial charge >= 0.3 is 6.61 Å². The van der Waals surface area contributed by atoms with E-state index >= 15 is 0 Å². The molecule has 17 heavy (non-hydrogen) atoms. The molecule has 0 spiro atoms. The lowest BCUT2D eigenvalue weighted by atomic mass is 10.2. The van der Waals surface area contributed by atoms with Gasteiger partial charge in [0.15, 0.2) is 0 Å². The number of rotatable bonds is 6. The van der Waals surface area contributed by atoms with Gasteiger partial charge in [-0.2, -0.15) is 8.78 Å². The van der Waals surface area contributed by atoms with E-state index in [1.54, 1.807) is 25.1 Å². The minimum atomic E-state index is -2.91. The monoisotopic (exact) mass is 244 g/mol. The van der Waals surface area contributed by atoms with Crippen LogP contribution in [-0.2, 0) is 4.79 Å². The van der Waals surface area contributed by atoms with Crippen molar-refractivity contribution in [1.82, 2.24) is 0 Å². The maximum absolute atomic E-state index is 12.1. The van der Waals surface area contributed by atoms with Crippen LogP contribution in [0.4, 0.5) is 14.5 Å². The lowest BCUT2D eigenvalue weighted by molar-refractivity contribution is -0.118. The molecule has 1 rings (SSSR count). The normalized spacial score (nSPS) is 12.2. The fourth-order valence-electron chi connectivity index (χ4n) is 1.35. The molecule has 1 unspecified atom stereocenters. The smallest absolute Gasteiger partial charge is 0.387 e. The number of carbonyl (C=O) groups is 1. The third-order valence-electron chi connectivity index (χ3n) is 2.18. The van der Waals surface area contributed by atoms with Crippen molar-refractivity contribution in [3.05, 3.63) is 24.3 Å². The second kappa shape index (κ2) is 6.03. The van der Waals surface area contributed by atoms with E-state index in [4.69, 9.17) is 5.73 Å². The minimum Gasteiger partial charge on any atom is -0.433 e. The van der Waals surface area contributed by atoms with Gasteiger partial charge in [-0.3, -0.25) is 4.79 Å². The number of benzene rings is 1. The summed E-state index contributed by atoms with van der Waals surface area (Å²) in [5, 5.41) is 2.77. The van der Waals surface area contributed by atoms with Crippen LogP contribution in [0.1, 0.15) is 13.3 Å². The molecule has 0 saturated carbocycles. The summed E-state index contributed by atoms with van der Waals surface area (Å²) in [6.45, 7) is -1.15. The number of hydrogen-bond donors (Lipinski definition) is 2. The zero-order chi connectivity index (χ0) is 12.8. The average molecular weight is 244 g/mol. The molecule has 0 bridgehead atoms. The highest BCUT2D eigenvalue weighted by Gasteiger charge is 2.15. The molecule has 0 radical (unpaired) electrons. The zero-order valence-corrected chi connectivity index (χ0v) is 9.32. The van der Waals surface area contributed by atoms with E-state index in [0.717, 1.165) is 0 Å². The third kappa shape index (κ3) is 3.90. The van der Waals surface area contributed by atoms with Crippen LogP contribution in [0.25, 0.3) is 0 Å². The van der Waals surface area contributed by atoms with Crippen molar-refractivity contribution in [3.63, 3.8) is 0 Å². The molecule has 0 aromatic heterocycles. The Bertz CT molecular complexity index is 385. The van der Waals surface area contributed by atoms with Gasteiger partial charge in [-0.15, -0.1) is 0 Å². The maximum Gasteiger partial charge on any atom is 0.387 e. The molecule has 0 aliphatic heterocycles. The zero-order valence-electron chi connectivity index (χ0n) is 9.32. The summed E-state index contributed by atoms with van der Waals surface area (Å²) in [5.41, 5.74) is 5.47. The Morgan fingerprint density at radius 3 is 2.65 bits per heavy atom. The number of nitrogens with one attached hydrogen (secondary N) is 1. The van der Waals surface area contributed by atoms with Crippen LogP contribution in [0, 0.1) is 0 Å². The topological polar surface area (TPSA) is 64.3 Å². The van der Waals surface area contributed by atoms with E-state index in [9.17, 15) is 13.6 Å². The SMILES string of the molecule is CCC(Nc1ccccc1OC(F)F)C(N)=O. The number of anilines is 1. The molecule has 1 atom stereocenters. The fourth-order valence-corrected chi connectivity index (χ4v) is 1.35. The van der Waals surface area contributed by atoms with E-state index in [0.29, 0.717) is 12.1 Å². The Hall–Kier alpha value is -1.85. The number of ether oxygens (including phenoxy) is 1. The molecule has 0 aliphatic carbocycles. The van der Waals surface area contributed by atoms with Gasteiger partial charge < -0.3 is 15.8 Å². The van der Waals surface area contributed by atoms with E-state index in [-0.39, 0.29) is 5.75 Å². The number of primary amides is 1. The largest absolute Gasteiger partial charge is 0.433 e. The highest BCUT2D eigenvalue weighted by Crippen LogP contribution is 2.26. The molecule has 4 nitrogen and oxygen atoms in total. The van der Waals surface area contributed by atoms with Gasteiger partial charge in [-0.25, -0.2) is 0 Å². The highest BCUT2D eigenvalue weighted by molar-refractivity contribution is 5.83. The molecule has 6 heteroatoms. The summed E-state index contributed by atoms with van der Waals surface area (Å²) >= 11 is 0. The van der Waals surface area contributed by atoms with Gasteiger partial charge in [0.2, 0.25) is 5.91 Å². The van der Waals surface area contributed by atoms with Crippen LogP contribution in [0.15, 0.2) is 24.3 Å².